The Bertz CT molecular complexity index is 1340. The lowest BCUT2D eigenvalue weighted by molar-refractivity contribution is -0.126. The highest BCUT2D eigenvalue weighted by atomic mass is 35.5. The fraction of sp³-hybridized carbons (Fsp3) is 0.226. The summed E-state index contributed by atoms with van der Waals surface area (Å²) < 4.78 is 11.8. The van der Waals surface area contributed by atoms with Gasteiger partial charge in [0.25, 0.3) is 5.91 Å². The molecular weight excluding hydrogens is 498 g/mol. The Kier molecular flexibility index (Phi) is 9.07. The minimum Gasteiger partial charge on any atom is -0.493 e. The van der Waals surface area contributed by atoms with E-state index in [0.29, 0.717) is 61.3 Å². The van der Waals surface area contributed by atoms with Crippen molar-refractivity contribution in [1.82, 2.24) is 4.90 Å². The van der Waals surface area contributed by atoms with Gasteiger partial charge in [0.05, 0.1) is 7.11 Å². The third kappa shape index (κ3) is 6.56. The van der Waals surface area contributed by atoms with Gasteiger partial charge < -0.3 is 19.3 Å². The number of methoxy groups -OCH3 is 1. The van der Waals surface area contributed by atoms with E-state index in [0.717, 1.165) is 16.8 Å². The largest absolute Gasteiger partial charge is 0.493 e. The first-order valence-corrected chi connectivity index (χ1v) is 12.8. The number of benzene rings is 3. The van der Waals surface area contributed by atoms with Crippen molar-refractivity contribution in [1.29, 1.82) is 5.26 Å². The molecule has 4 rings (SSSR count). The van der Waals surface area contributed by atoms with Crippen molar-refractivity contribution in [3.8, 4) is 17.6 Å². The van der Waals surface area contributed by atoms with Crippen molar-refractivity contribution in [3.05, 3.63) is 107 Å². The van der Waals surface area contributed by atoms with Gasteiger partial charge in [-0.2, -0.15) is 5.26 Å². The molecule has 0 aliphatic carbocycles. The van der Waals surface area contributed by atoms with Crippen molar-refractivity contribution in [2.24, 2.45) is 0 Å². The summed E-state index contributed by atoms with van der Waals surface area (Å²) >= 11 is 5.99. The molecule has 1 fully saturated rings. The molecule has 194 valence electrons. The van der Waals surface area contributed by atoms with Crippen LogP contribution in [-0.4, -0.2) is 44.1 Å². The second-order valence-corrected chi connectivity index (χ2v) is 9.34. The van der Waals surface area contributed by atoms with E-state index in [-0.39, 0.29) is 11.5 Å². The monoisotopic (exact) mass is 527 g/mol. The van der Waals surface area contributed by atoms with Crippen LogP contribution in [0.2, 0.25) is 5.02 Å². The molecule has 1 saturated heterocycles. The minimum atomic E-state index is -0.271. The van der Waals surface area contributed by atoms with E-state index in [9.17, 15) is 10.1 Å². The Morgan fingerprint density at radius 1 is 1.08 bits per heavy atom. The molecule has 1 heterocycles. The molecule has 1 amide bonds. The maximum absolute atomic E-state index is 13.2. The Balaban J connectivity index is 1.52. The van der Waals surface area contributed by atoms with Gasteiger partial charge in [-0.3, -0.25) is 4.79 Å². The van der Waals surface area contributed by atoms with Crippen LogP contribution in [0.1, 0.15) is 16.7 Å². The van der Waals surface area contributed by atoms with Crippen LogP contribution in [0.4, 0.5) is 5.69 Å². The fourth-order valence-corrected chi connectivity index (χ4v) is 4.54. The summed E-state index contributed by atoms with van der Waals surface area (Å²) in [5.41, 5.74) is 3.72. The molecule has 7 heteroatoms. The summed E-state index contributed by atoms with van der Waals surface area (Å²) in [5, 5.41) is 10.5. The smallest absolute Gasteiger partial charge is 0.264 e. The van der Waals surface area contributed by atoms with E-state index in [1.54, 1.807) is 30.2 Å². The van der Waals surface area contributed by atoms with Gasteiger partial charge in [0.15, 0.2) is 11.5 Å². The zero-order valence-electron chi connectivity index (χ0n) is 21.4. The van der Waals surface area contributed by atoms with Gasteiger partial charge >= 0.3 is 0 Å². The average Bonchev–Trinajstić information content (AvgIpc) is 2.96. The second kappa shape index (κ2) is 12.8. The lowest BCUT2D eigenvalue weighted by atomic mass is 10.0. The Morgan fingerprint density at radius 3 is 2.42 bits per heavy atom. The number of anilines is 1. The summed E-state index contributed by atoms with van der Waals surface area (Å²) in [6, 6.07) is 23.4. The molecule has 0 spiro atoms. The quantitative estimate of drug-likeness (QED) is 0.196. The van der Waals surface area contributed by atoms with Gasteiger partial charge in [0.1, 0.15) is 18.2 Å². The Morgan fingerprint density at radius 2 is 1.79 bits per heavy atom. The molecule has 6 nitrogen and oxygen atoms in total. The van der Waals surface area contributed by atoms with Crippen LogP contribution >= 0.6 is 11.6 Å². The van der Waals surface area contributed by atoms with Crippen molar-refractivity contribution < 1.29 is 14.3 Å². The number of carbonyl (C=O) groups is 1. The van der Waals surface area contributed by atoms with Gasteiger partial charge in [-0.05, 0) is 60.0 Å². The van der Waals surface area contributed by atoms with Gasteiger partial charge in [0.2, 0.25) is 0 Å². The number of hydrogen-bond donors (Lipinski definition) is 0. The highest BCUT2D eigenvalue weighted by molar-refractivity contribution is 6.30. The summed E-state index contributed by atoms with van der Waals surface area (Å²) in [6.45, 7) is 6.73. The van der Waals surface area contributed by atoms with E-state index < -0.39 is 0 Å². The molecule has 3 aromatic carbocycles. The minimum absolute atomic E-state index is 0.0830. The Labute approximate surface area is 229 Å². The molecule has 0 bridgehead atoms. The van der Waals surface area contributed by atoms with Crippen LogP contribution in [0.15, 0.2) is 85.0 Å². The summed E-state index contributed by atoms with van der Waals surface area (Å²) in [5.74, 6) is 0.847. The lowest BCUT2D eigenvalue weighted by Crippen LogP contribution is -2.49. The van der Waals surface area contributed by atoms with Crippen LogP contribution in [-0.2, 0) is 17.8 Å². The molecule has 0 saturated carbocycles. The molecule has 0 radical (unpaired) electrons. The molecule has 1 aliphatic rings. The molecule has 0 atom stereocenters. The first kappa shape index (κ1) is 26.8. The molecule has 0 unspecified atom stereocenters. The number of para-hydroxylation sites is 1. The van der Waals surface area contributed by atoms with Crippen LogP contribution in [0.3, 0.4) is 0 Å². The summed E-state index contributed by atoms with van der Waals surface area (Å²) in [6.07, 6.45) is 3.93. The first-order valence-electron chi connectivity index (χ1n) is 12.4. The first-order chi connectivity index (χ1) is 18.5. The van der Waals surface area contributed by atoms with Crippen molar-refractivity contribution in [3.63, 3.8) is 0 Å². The maximum atomic E-state index is 13.2. The highest BCUT2D eigenvalue weighted by Gasteiger charge is 2.24. The standard InChI is InChI=1S/C31H30ClN3O3/c1-3-7-25-18-24(20-29(37-2)30(25)38-22-23-10-12-27(32)13-11-23)19-26(21-33)31(36)35-16-14-34(15-17-35)28-8-5-4-6-9-28/h3-6,8-13,18-20H,1,7,14-17,22H2,2H3/b26-19-. The van der Waals surface area contributed by atoms with Gasteiger partial charge in [0, 0.05) is 42.5 Å². The van der Waals surface area contributed by atoms with Crippen LogP contribution < -0.4 is 14.4 Å². The van der Waals surface area contributed by atoms with E-state index in [1.807, 2.05) is 48.5 Å². The van der Waals surface area contributed by atoms with Crippen molar-refractivity contribution in [2.45, 2.75) is 13.0 Å². The van der Waals surface area contributed by atoms with Gasteiger partial charge in [-0.1, -0.05) is 48.0 Å². The molecule has 38 heavy (non-hydrogen) atoms. The SMILES string of the molecule is C=CCc1cc(/C=C(/C#N)C(=O)N2CCN(c3ccccc3)CC2)cc(OC)c1OCc1ccc(Cl)cc1. The number of halogens is 1. The normalized spacial score (nSPS) is 13.6. The number of carbonyl (C=O) groups excluding carboxylic acids is 1. The predicted molar refractivity (Wildman–Crippen MR) is 152 cm³/mol. The van der Waals surface area contributed by atoms with Crippen LogP contribution in [0.25, 0.3) is 6.08 Å². The summed E-state index contributed by atoms with van der Waals surface area (Å²) in [4.78, 5) is 17.2. The number of piperazine rings is 1. The third-order valence-corrected chi connectivity index (χ3v) is 6.64. The highest BCUT2D eigenvalue weighted by Crippen LogP contribution is 2.35. The van der Waals surface area contributed by atoms with Gasteiger partial charge in [-0.15, -0.1) is 6.58 Å². The molecule has 0 N–H and O–H groups in total. The van der Waals surface area contributed by atoms with E-state index >= 15 is 0 Å². The predicted octanol–water partition coefficient (Wildman–Crippen LogP) is 5.91. The van der Waals surface area contributed by atoms with Crippen LogP contribution in [0, 0.1) is 11.3 Å². The number of nitrogens with zero attached hydrogens (tertiary/aromatic N) is 3. The number of nitriles is 1. The van der Waals surface area contributed by atoms with Crippen molar-refractivity contribution >= 4 is 29.3 Å². The zero-order valence-corrected chi connectivity index (χ0v) is 22.2. The fourth-order valence-electron chi connectivity index (χ4n) is 4.41. The topological polar surface area (TPSA) is 65.8 Å². The van der Waals surface area contributed by atoms with E-state index in [1.165, 1.54) is 0 Å². The summed E-state index contributed by atoms with van der Waals surface area (Å²) in [7, 11) is 1.57. The second-order valence-electron chi connectivity index (χ2n) is 8.90. The molecule has 0 aromatic heterocycles. The van der Waals surface area contributed by atoms with Crippen molar-refractivity contribution in [2.75, 3.05) is 38.2 Å². The zero-order chi connectivity index (χ0) is 26.9. The molecular formula is C31H30ClN3O3. The van der Waals surface area contributed by atoms with Gasteiger partial charge in [-0.25, -0.2) is 0 Å². The molecule has 3 aromatic rings. The van der Waals surface area contributed by atoms with E-state index in [4.69, 9.17) is 21.1 Å². The maximum Gasteiger partial charge on any atom is 0.264 e. The lowest BCUT2D eigenvalue weighted by Gasteiger charge is -2.36. The number of ether oxygens (including phenoxy) is 2. The molecule has 1 aliphatic heterocycles. The Hall–Kier alpha value is -4.21. The number of allylic oxidation sites excluding steroid dienone is 1. The van der Waals surface area contributed by atoms with Crippen LogP contribution in [0.5, 0.6) is 11.5 Å². The third-order valence-electron chi connectivity index (χ3n) is 6.38. The number of hydrogen-bond acceptors (Lipinski definition) is 5. The average molecular weight is 528 g/mol. The number of amides is 1. The number of rotatable bonds is 9. The van der Waals surface area contributed by atoms with E-state index in [2.05, 4.69) is 29.7 Å².